The van der Waals surface area contributed by atoms with Gasteiger partial charge in [0.15, 0.2) is 11.6 Å². The highest BCUT2D eigenvalue weighted by molar-refractivity contribution is 5.96. The average molecular weight is 432 g/mol. The molecule has 0 radical (unpaired) electrons. The summed E-state index contributed by atoms with van der Waals surface area (Å²) in [6.45, 7) is 1.60. The number of benzene rings is 1. The van der Waals surface area contributed by atoms with Crippen molar-refractivity contribution in [1.29, 1.82) is 0 Å². The molecular weight excluding hydrogens is 416 g/mol. The highest BCUT2D eigenvalue weighted by atomic mass is 19.3. The van der Waals surface area contributed by atoms with Gasteiger partial charge in [0, 0.05) is 30.4 Å². The van der Waals surface area contributed by atoms with Gasteiger partial charge in [0.2, 0.25) is 0 Å². The minimum atomic E-state index is -2.70. The number of hydrogen-bond donors (Lipinski definition) is 1. The zero-order valence-corrected chi connectivity index (χ0v) is 16.4. The third-order valence-electron chi connectivity index (χ3n) is 5.30. The van der Waals surface area contributed by atoms with Crippen LogP contribution in [0.5, 0.6) is 0 Å². The Morgan fingerprint density at radius 3 is 2.52 bits per heavy atom. The second kappa shape index (κ2) is 7.53. The van der Waals surface area contributed by atoms with Gasteiger partial charge in [-0.25, -0.2) is 22.7 Å². The van der Waals surface area contributed by atoms with Gasteiger partial charge in [0.1, 0.15) is 0 Å². The predicted octanol–water partition coefficient (Wildman–Crippen LogP) is 4.22. The van der Waals surface area contributed by atoms with Crippen LogP contribution in [0.4, 0.5) is 17.6 Å². The number of nitrogens with zero attached hydrogens (tertiary/aromatic N) is 3. The van der Waals surface area contributed by atoms with E-state index in [-0.39, 0.29) is 33.1 Å². The highest BCUT2D eigenvalue weighted by Crippen LogP contribution is 2.28. The Morgan fingerprint density at radius 1 is 1.16 bits per heavy atom. The molecule has 0 saturated heterocycles. The lowest BCUT2D eigenvalue weighted by Crippen LogP contribution is -2.31. The topological polar surface area (TPSA) is 70.5 Å². The number of carbonyl (C=O) groups is 1. The summed E-state index contributed by atoms with van der Waals surface area (Å²) >= 11 is 0. The molecule has 0 fully saturated rings. The van der Waals surface area contributed by atoms with Crippen molar-refractivity contribution in [3.05, 3.63) is 81.5 Å². The van der Waals surface area contributed by atoms with E-state index >= 15 is 0 Å². The zero-order valence-electron chi connectivity index (χ0n) is 16.4. The van der Waals surface area contributed by atoms with Crippen LogP contribution in [0.15, 0.2) is 47.5 Å². The van der Waals surface area contributed by atoms with Gasteiger partial charge in [-0.2, -0.15) is 5.10 Å². The number of carbonyl (C=O) groups excluding carboxylic acids is 1. The molecule has 6 nitrogen and oxygen atoms in total. The van der Waals surface area contributed by atoms with E-state index in [1.54, 1.807) is 13.1 Å². The number of amides is 1. The lowest BCUT2D eigenvalue weighted by Gasteiger charge is -2.24. The molecule has 0 bridgehead atoms. The predicted molar refractivity (Wildman–Crippen MR) is 105 cm³/mol. The first-order valence-electron chi connectivity index (χ1n) is 9.22. The number of hydrogen-bond acceptors (Lipinski definition) is 3. The Kier molecular flexibility index (Phi) is 5.00. The van der Waals surface area contributed by atoms with Gasteiger partial charge < -0.3 is 9.30 Å². The third-order valence-corrected chi connectivity index (χ3v) is 5.30. The van der Waals surface area contributed by atoms with Gasteiger partial charge in [-0.3, -0.25) is 9.59 Å². The first-order chi connectivity index (χ1) is 14.7. The molecule has 0 aliphatic heterocycles. The molecular formula is C21H16F4N4O2. The van der Waals surface area contributed by atoms with E-state index in [0.717, 1.165) is 12.1 Å². The molecule has 10 heteroatoms. The molecule has 31 heavy (non-hydrogen) atoms. The summed E-state index contributed by atoms with van der Waals surface area (Å²) < 4.78 is 55.3. The summed E-state index contributed by atoms with van der Waals surface area (Å²) in [6, 6.07) is 4.98. The molecule has 0 aliphatic rings. The van der Waals surface area contributed by atoms with Crippen molar-refractivity contribution in [2.45, 2.75) is 19.4 Å². The lowest BCUT2D eigenvalue weighted by atomic mass is 10.1. The van der Waals surface area contributed by atoms with E-state index in [0.29, 0.717) is 0 Å². The van der Waals surface area contributed by atoms with Crippen molar-refractivity contribution in [3.63, 3.8) is 0 Å². The molecule has 3 aromatic heterocycles. The summed E-state index contributed by atoms with van der Waals surface area (Å²) in [6.07, 6.45) is 0.279. The number of alkyl halides is 2. The van der Waals surface area contributed by atoms with Gasteiger partial charge in [-0.1, -0.05) is 0 Å². The molecule has 1 atom stereocenters. The Labute approximate surface area is 172 Å². The minimum Gasteiger partial charge on any atom is -0.333 e. The van der Waals surface area contributed by atoms with Crippen molar-refractivity contribution in [3.8, 4) is 0 Å². The second-order valence-corrected chi connectivity index (χ2v) is 7.13. The minimum absolute atomic E-state index is 0.0665. The van der Waals surface area contributed by atoms with Gasteiger partial charge in [0.05, 0.1) is 28.2 Å². The summed E-state index contributed by atoms with van der Waals surface area (Å²) in [7, 11) is 1.46. The van der Waals surface area contributed by atoms with E-state index < -0.39 is 35.6 Å². The normalized spacial score (nSPS) is 12.6. The van der Waals surface area contributed by atoms with Crippen LogP contribution in [-0.4, -0.2) is 32.5 Å². The van der Waals surface area contributed by atoms with Gasteiger partial charge in [-0.15, -0.1) is 0 Å². The van der Waals surface area contributed by atoms with E-state index in [9.17, 15) is 27.2 Å². The van der Waals surface area contributed by atoms with Crippen LogP contribution in [0.2, 0.25) is 0 Å². The Hall–Kier alpha value is -3.69. The van der Waals surface area contributed by atoms with Crippen molar-refractivity contribution in [1.82, 2.24) is 19.5 Å². The SMILES string of the molecule is C[C@H](c1n[nH]c(=O)c2cc(F)c(F)cc12)N(C)C(=O)c1cc2c(C(F)F)cccn2c1. The van der Waals surface area contributed by atoms with Gasteiger partial charge in [0.25, 0.3) is 17.9 Å². The van der Waals surface area contributed by atoms with Crippen molar-refractivity contribution < 1.29 is 22.4 Å². The average Bonchev–Trinajstić information content (AvgIpc) is 3.18. The second-order valence-electron chi connectivity index (χ2n) is 7.13. The molecule has 4 rings (SSSR count). The van der Waals surface area contributed by atoms with Crippen molar-refractivity contribution in [2.24, 2.45) is 0 Å². The Balaban J connectivity index is 1.74. The monoisotopic (exact) mass is 432 g/mol. The van der Waals surface area contributed by atoms with Gasteiger partial charge in [-0.05, 0) is 37.3 Å². The van der Waals surface area contributed by atoms with Crippen LogP contribution >= 0.6 is 0 Å². The fourth-order valence-corrected chi connectivity index (χ4v) is 3.52. The molecule has 0 unspecified atom stereocenters. The zero-order chi connectivity index (χ0) is 22.4. The maximum Gasteiger partial charge on any atom is 0.272 e. The van der Waals surface area contributed by atoms with E-state index in [4.69, 9.17) is 0 Å². The summed E-state index contributed by atoms with van der Waals surface area (Å²) in [5.41, 5.74) is -0.387. The number of H-pyrrole nitrogens is 1. The number of fused-ring (bicyclic) bond motifs is 2. The van der Waals surface area contributed by atoms with Crippen LogP contribution in [0.25, 0.3) is 16.3 Å². The number of rotatable bonds is 4. The fraction of sp³-hybridized carbons (Fsp3) is 0.190. The number of pyridine rings is 1. The van der Waals surface area contributed by atoms with E-state index in [1.807, 2.05) is 0 Å². The molecule has 4 aromatic rings. The standard InChI is InChI=1S/C21H16F4N4O2/c1-10(18-13-7-15(22)16(23)8-14(13)20(30)27-26-18)28(2)21(31)11-6-17-12(19(24)25)4-3-5-29(17)9-11/h3-10,19H,1-2H3,(H,27,30)/t10-/m1/s1. The number of halogens is 4. The third kappa shape index (κ3) is 3.43. The van der Waals surface area contributed by atoms with Crippen molar-refractivity contribution >= 4 is 22.2 Å². The quantitative estimate of drug-likeness (QED) is 0.491. The van der Waals surface area contributed by atoms with E-state index in [2.05, 4.69) is 10.2 Å². The molecule has 1 aromatic carbocycles. The van der Waals surface area contributed by atoms with Crippen LogP contribution in [0.3, 0.4) is 0 Å². The lowest BCUT2D eigenvalue weighted by molar-refractivity contribution is 0.0740. The smallest absolute Gasteiger partial charge is 0.272 e. The molecule has 0 spiro atoms. The fourth-order valence-electron chi connectivity index (χ4n) is 3.52. The first-order valence-corrected chi connectivity index (χ1v) is 9.22. The number of aromatic amines is 1. The summed E-state index contributed by atoms with van der Waals surface area (Å²) in [5, 5.41) is 6.12. The van der Waals surface area contributed by atoms with Crippen LogP contribution in [-0.2, 0) is 0 Å². The van der Waals surface area contributed by atoms with Crippen molar-refractivity contribution in [2.75, 3.05) is 7.05 Å². The maximum atomic E-state index is 13.8. The molecule has 160 valence electrons. The molecule has 0 saturated carbocycles. The molecule has 3 heterocycles. The molecule has 1 N–H and O–H groups in total. The van der Waals surface area contributed by atoms with Crippen LogP contribution in [0.1, 0.15) is 41.0 Å². The Bertz CT molecular complexity index is 1380. The number of aromatic nitrogens is 3. The molecule has 0 aliphatic carbocycles. The Morgan fingerprint density at radius 2 is 1.84 bits per heavy atom. The molecule has 1 amide bonds. The van der Waals surface area contributed by atoms with Crippen LogP contribution < -0.4 is 5.56 Å². The summed E-state index contributed by atoms with van der Waals surface area (Å²) in [4.78, 5) is 26.3. The summed E-state index contributed by atoms with van der Waals surface area (Å²) in [5.74, 6) is -2.83. The van der Waals surface area contributed by atoms with E-state index in [1.165, 1.54) is 40.7 Å². The van der Waals surface area contributed by atoms with Gasteiger partial charge >= 0.3 is 0 Å². The van der Waals surface area contributed by atoms with Crippen LogP contribution in [0, 0.1) is 11.6 Å². The largest absolute Gasteiger partial charge is 0.333 e. The highest BCUT2D eigenvalue weighted by Gasteiger charge is 2.25. The first kappa shape index (κ1) is 20.6. The number of nitrogens with one attached hydrogen (secondary N) is 1. The maximum absolute atomic E-state index is 13.8.